The molecule has 9 nitrogen and oxygen atoms in total. The second-order valence-electron chi connectivity index (χ2n) is 6.01. The molecule has 0 unspecified atom stereocenters. The number of methoxy groups -OCH3 is 1. The van der Waals surface area contributed by atoms with Gasteiger partial charge in [-0.2, -0.15) is 4.31 Å². The molecule has 3 heterocycles. The van der Waals surface area contributed by atoms with E-state index in [-0.39, 0.29) is 30.4 Å². The van der Waals surface area contributed by atoms with Crippen LogP contribution in [0.3, 0.4) is 0 Å². The second kappa shape index (κ2) is 8.12. The number of ether oxygens (including phenoxy) is 1. The van der Waals surface area contributed by atoms with Crippen LogP contribution in [-0.4, -0.2) is 86.5 Å². The molecule has 0 atom stereocenters. The minimum absolute atomic E-state index is 0.0329. The normalized spacial score (nSPS) is 16.3. The minimum Gasteiger partial charge on any atom is -0.383 e. The van der Waals surface area contributed by atoms with Gasteiger partial charge in [0.25, 0.3) is 0 Å². The van der Waals surface area contributed by atoms with Crippen LogP contribution in [-0.2, 0) is 19.6 Å². The largest absolute Gasteiger partial charge is 0.383 e. The molecule has 1 fully saturated rings. The number of sulfonamides is 1. The zero-order valence-electron chi connectivity index (χ0n) is 14.6. The Balaban J connectivity index is 1.61. The Hall–Kier alpha value is -2.01. The molecule has 1 aliphatic heterocycles. The Labute approximate surface area is 152 Å². The monoisotopic (exact) mass is 381 g/mol. The van der Waals surface area contributed by atoms with Crippen molar-refractivity contribution in [3.63, 3.8) is 0 Å². The Kier molecular flexibility index (Phi) is 5.87. The summed E-state index contributed by atoms with van der Waals surface area (Å²) in [6, 6.07) is 3.44. The van der Waals surface area contributed by atoms with Crippen molar-refractivity contribution in [2.75, 3.05) is 53.0 Å². The number of nitrogens with one attached hydrogen (secondary N) is 2. The number of hydrogen-bond donors (Lipinski definition) is 2. The molecule has 0 saturated carbocycles. The number of piperazine rings is 1. The zero-order valence-corrected chi connectivity index (χ0v) is 15.5. The van der Waals surface area contributed by atoms with Crippen LogP contribution >= 0.6 is 0 Å². The highest BCUT2D eigenvalue weighted by atomic mass is 32.2. The molecule has 0 aromatic carbocycles. The Bertz CT molecular complexity index is 858. The lowest BCUT2D eigenvalue weighted by Gasteiger charge is -2.34. The first-order valence-corrected chi connectivity index (χ1v) is 9.87. The highest BCUT2D eigenvalue weighted by molar-refractivity contribution is 7.89. The van der Waals surface area contributed by atoms with Crippen molar-refractivity contribution >= 4 is 27.0 Å². The summed E-state index contributed by atoms with van der Waals surface area (Å²) in [5, 5.41) is 3.59. The molecule has 0 spiro atoms. The van der Waals surface area contributed by atoms with Gasteiger partial charge in [0.1, 0.15) is 10.5 Å². The van der Waals surface area contributed by atoms with Crippen LogP contribution in [0.4, 0.5) is 0 Å². The van der Waals surface area contributed by atoms with Crippen LogP contribution in [0.15, 0.2) is 29.4 Å². The number of rotatable bonds is 7. The summed E-state index contributed by atoms with van der Waals surface area (Å²) >= 11 is 0. The Morgan fingerprint density at radius 2 is 2.12 bits per heavy atom. The van der Waals surface area contributed by atoms with Gasteiger partial charge in [0.05, 0.1) is 13.2 Å². The summed E-state index contributed by atoms with van der Waals surface area (Å²) in [7, 11) is -2.02. The van der Waals surface area contributed by atoms with E-state index >= 15 is 0 Å². The molecule has 2 aromatic rings. The Morgan fingerprint density at radius 3 is 2.85 bits per heavy atom. The van der Waals surface area contributed by atoms with Crippen LogP contribution in [0.25, 0.3) is 11.0 Å². The first-order valence-electron chi connectivity index (χ1n) is 8.43. The van der Waals surface area contributed by atoms with Crippen molar-refractivity contribution in [1.29, 1.82) is 0 Å². The SMILES string of the molecule is COCCNCC(=O)N1CCN(S(=O)(=O)c2c[nH]c3ncccc23)CC1. The predicted octanol–water partition coefficient (Wildman–Crippen LogP) is -0.368. The number of nitrogens with zero attached hydrogens (tertiary/aromatic N) is 3. The lowest BCUT2D eigenvalue weighted by molar-refractivity contribution is -0.131. The molecule has 26 heavy (non-hydrogen) atoms. The van der Waals surface area contributed by atoms with Crippen molar-refractivity contribution in [3.8, 4) is 0 Å². The van der Waals surface area contributed by atoms with Crippen LogP contribution < -0.4 is 5.32 Å². The molecule has 3 rings (SSSR count). The molecule has 2 N–H and O–H groups in total. The molecular formula is C16H23N5O4S. The molecule has 0 bridgehead atoms. The van der Waals surface area contributed by atoms with Gasteiger partial charge in [0.15, 0.2) is 0 Å². The fraction of sp³-hybridized carbons (Fsp3) is 0.500. The smallest absolute Gasteiger partial charge is 0.245 e. The third-order valence-corrected chi connectivity index (χ3v) is 6.32. The number of carbonyl (C=O) groups excluding carboxylic acids is 1. The number of pyridine rings is 1. The first kappa shape index (κ1) is 18.8. The van der Waals surface area contributed by atoms with E-state index < -0.39 is 10.0 Å². The third-order valence-electron chi connectivity index (χ3n) is 4.38. The minimum atomic E-state index is -3.63. The summed E-state index contributed by atoms with van der Waals surface area (Å²) in [5.41, 5.74) is 0.544. The molecule has 0 radical (unpaired) electrons. The van der Waals surface area contributed by atoms with E-state index in [1.807, 2.05) is 0 Å². The van der Waals surface area contributed by atoms with E-state index in [1.54, 1.807) is 30.3 Å². The van der Waals surface area contributed by atoms with Crippen LogP contribution in [0, 0.1) is 0 Å². The van der Waals surface area contributed by atoms with Gasteiger partial charge in [0, 0.05) is 57.6 Å². The molecular weight excluding hydrogens is 358 g/mol. The fourth-order valence-electron chi connectivity index (χ4n) is 2.94. The fourth-order valence-corrected chi connectivity index (χ4v) is 4.52. The maximum Gasteiger partial charge on any atom is 0.245 e. The first-order chi connectivity index (χ1) is 12.5. The van der Waals surface area contributed by atoms with Gasteiger partial charge in [0.2, 0.25) is 15.9 Å². The van der Waals surface area contributed by atoms with E-state index in [4.69, 9.17) is 4.74 Å². The summed E-state index contributed by atoms with van der Waals surface area (Å²) in [6.07, 6.45) is 3.09. The summed E-state index contributed by atoms with van der Waals surface area (Å²) in [4.78, 5) is 21.1. The number of aromatic amines is 1. The molecule has 1 amide bonds. The molecule has 2 aromatic heterocycles. The molecule has 0 aliphatic carbocycles. The number of aromatic nitrogens is 2. The Morgan fingerprint density at radius 1 is 1.35 bits per heavy atom. The predicted molar refractivity (Wildman–Crippen MR) is 96.2 cm³/mol. The van der Waals surface area contributed by atoms with Gasteiger partial charge < -0.3 is 19.9 Å². The number of carbonyl (C=O) groups is 1. The number of amides is 1. The maximum atomic E-state index is 12.9. The summed E-state index contributed by atoms with van der Waals surface area (Å²) < 4.78 is 32.2. The second-order valence-corrected chi connectivity index (χ2v) is 7.91. The van der Waals surface area contributed by atoms with Gasteiger partial charge in [-0.25, -0.2) is 13.4 Å². The number of hydrogen-bond acceptors (Lipinski definition) is 6. The van der Waals surface area contributed by atoms with Crippen molar-refractivity contribution in [1.82, 2.24) is 24.5 Å². The van der Waals surface area contributed by atoms with E-state index in [9.17, 15) is 13.2 Å². The molecule has 142 valence electrons. The molecule has 10 heteroatoms. The van der Waals surface area contributed by atoms with E-state index in [2.05, 4.69) is 15.3 Å². The summed E-state index contributed by atoms with van der Waals surface area (Å²) in [5.74, 6) is -0.0329. The van der Waals surface area contributed by atoms with Crippen molar-refractivity contribution in [3.05, 3.63) is 24.5 Å². The standard InChI is InChI=1S/C16H23N5O4S/c1-25-10-5-17-12-15(22)20-6-8-21(9-7-20)26(23,24)14-11-19-16-13(14)3-2-4-18-16/h2-4,11,17H,5-10,12H2,1H3,(H,18,19). The molecule has 1 saturated heterocycles. The van der Waals surface area contributed by atoms with E-state index in [1.165, 1.54) is 10.5 Å². The number of fused-ring (bicyclic) bond motifs is 1. The maximum absolute atomic E-state index is 12.9. The van der Waals surface area contributed by atoms with Gasteiger partial charge >= 0.3 is 0 Å². The topological polar surface area (TPSA) is 108 Å². The van der Waals surface area contributed by atoms with Crippen LogP contribution in [0.1, 0.15) is 0 Å². The lowest BCUT2D eigenvalue weighted by Crippen LogP contribution is -2.52. The molecule has 1 aliphatic rings. The van der Waals surface area contributed by atoms with Crippen molar-refractivity contribution < 1.29 is 17.9 Å². The average Bonchev–Trinajstić information content (AvgIpc) is 3.10. The quantitative estimate of drug-likeness (QED) is 0.634. The van der Waals surface area contributed by atoms with E-state index in [0.29, 0.717) is 37.3 Å². The zero-order chi connectivity index (χ0) is 18.6. The highest BCUT2D eigenvalue weighted by Crippen LogP contribution is 2.25. The third kappa shape index (κ3) is 3.88. The summed E-state index contributed by atoms with van der Waals surface area (Å²) in [6.45, 7) is 2.68. The lowest BCUT2D eigenvalue weighted by atomic mass is 10.3. The van der Waals surface area contributed by atoms with Gasteiger partial charge in [-0.1, -0.05) is 0 Å². The van der Waals surface area contributed by atoms with Gasteiger partial charge in [-0.15, -0.1) is 0 Å². The van der Waals surface area contributed by atoms with Crippen molar-refractivity contribution in [2.45, 2.75) is 4.90 Å². The van der Waals surface area contributed by atoms with Gasteiger partial charge in [-0.05, 0) is 12.1 Å². The number of H-pyrrole nitrogens is 1. The van der Waals surface area contributed by atoms with Crippen molar-refractivity contribution in [2.24, 2.45) is 0 Å². The average molecular weight is 381 g/mol. The van der Waals surface area contributed by atoms with Crippen LogP contribution in [0.2, 0.25) is 0 Å². The highest BCUT2D eigenvalue weighted by Gasteiger charge is 2.31. The van der Waals surface area contributed by atoms with Crippen LogP contribution in [0.5, 0.6) is 0 Å². The van der Waals surface area contributed by atoms with E-state index in [0.717, 1.165) is 0 Å². The van der Waals surface area contributed by atoms with Gasteiger partial charge in [-0.3, -0.25) is 4.79 Å².